The second-order valence-electron chi connectivity index (χ2n) is 18.8. The molecule has 4 aliphatic rings. The number of nitrogens with one attached hydrogen (secondary N) is 5. The normalized spacial score (nSPS) is 22.9. The van der Waals surface area contributed by atoms with Crippen molar-refractivity contribution in [2.45, 2.75) is 161 Å². The first-order chi connectivity index (χ1) is 29.7. The highest BCUT2D eigenvalue weighted by Gasteiger charge is 2.42. The average Bonchev–Trinajstić information content (AvgIpc) is 3.97. The van der Waals surface area contributed by atoms with E-state index in [1.807, 2.05) is 41.5 Å². The van der Waals surface area contributed by atoms with E-state index in [1.54, 1.807) is 23.8 Å². The van der Waals surface area contributed by atoms with Crippen LogP contribution in [0, 0.1) is 17.8 Å². The second kappa shape index (κ2) is 20.6. The van der Waals surface area contributed by atoms with Crippen LogP contribution in [0.4, 0.5) is 0 Å². The lowest BCUT2D eigenvalue weighted by Gasteiger charge is -2.34. The summed E-state index contributed by atoms with van der Waals surface area (Å²) in [5.74, 6) is -1.59. The minimum absolute atomic E-state index is 0.121. The van der Waals surface area contributed by atoms with Gasteiger partial charge in [0.2, 0.25) is 35.4 Å². The first-order valence-corrected chi connectivity index (χ1v) is 23.4. The van der Waals surface area contributed by atoms with Crippen LogP contribution in [0.2, 0.25) is 0 Å². The van der Waals surface area contributed by atoms with Crippen LogP contribution in [-0.4, -0.2) is 95.6 Å². The summed E-state index contributed by atoms with van der Waals surface area (Å²) in [5.41, 5.74) is 6.90. The van der Waals surface area contributed by atoms with Gasteiger partial charge in [0.25, 0.3) is 0 Å². The van der Waals surface area contributed by atoms with Crippen LogP contribution >= 0.6 is 0 Å². The summed E-state index contributed by atoms with van der Waals surface area (Å²) in [7, 11) is 1.70. The molecule has 62 heavy (non-hydrogen) atoms. The molecule has 13 nitrogen and oxygen atoms in total. The molecular weight excluding hydrogens is 783 g/mol. The second-order valence-corrected chi connectivity index (χ2v) is 18.8. The number of nitrogens with zero attached hydrogens (tertiary/aromatic N) is 2. The summed E-state index contributed by atoms with van der Waals surface area (Å²) < 4.78 is 0. The molecule has 0 saturated carbocycles. The van der Waals surface area contributed by atoms with E-state index < -0.39 is 30.2 Å². The first-order valence-electron chi connectivity index (χ1n) is 23.4. The number of carbonyl (C=O) groups excluding carboxylic acids is 6. The molecule has 0 bridgehead atoms. The van der Waals surface area contributed by atoms with E-state index in [4.69, 9.17) is 0 Å². The number of amides is 6. The Morgan fingerprint density at radius 2 is 1.05 bits per heavy atom. The van der Waals surface area contributed by atoms with E-state index in [1.165, 1.54) is 11.1 Å². The number of fused-ring (bicyclic) bond motifs is 2. The molecule has 2 aromatic carbocycles. The van der Waals surface area contributed by atoms with Crippen molar-refractivity contribution >= 4 is 35.4 Å². The topological polar surface area (TPSA) is 169 Å². The van der Waals surface area contributed by atoms with Gasteiger partial charge in [0.1, 0.15) is 24.2 Å². The standard InChI is InChI=1S/C49H71N7O6/c1-9-30(6)44(57)53-42(28(2)3)48(61)55-26-14-24-40(55)46(59)51-38-22-12-18-34-32(16-10-20-36(34)38)33-17-11-21-37-35(33)19-13-23-39(37)52-47(60)41-25-15-27-56(41)49(62)43(29(4)5)54-45(58)31(7)50-8/h10-11,16-17,20-21,28-31,38-43,50H,9,12-15,18-19,22-27H2,1-8H3,(H,51,59)(H,52,60)(H,53,57)(H,54,58)/t30-,31+,38-,39-,40+,41+,42+,43+/m1/s1. The third-order valence-electron chi connectivity index (χ3n) is 14.0. The van der Waals surface area contributed by atoms with Crippen LogP contribution in [0.15, 0.2) is 36.4 Å². The van der Waals surface area contributed by atoms with Crippen molar-refractivity contribution in [1.82, 2.24) is 36.4 Å². The average molecular weight is 854 g/mol. The van der Waals surface area contributed by atoms with Gasteiger partial charge in [-0.25, -0.2) is 0 Å². The smallest absolute Gasteiger partial charge is 0.246 e. The third kappa shape index (κ3) is 10.0. The van der Waals surface area contributed by atoms with E-state index in [0.717, 1.165) is 73.6 Å². The van der Waals surface area contributed by atoms with Gasteiger partial charge in [0, 0.05) is 19.0 Å². The monoisotopic (exact) mass is 854 g/mol. The lowest BCUT2D eigenvalue weighted by molar-refractivity contribution is -0.143. The Balaban J connectivity index is 1.17. The molecule has 2 heterocycles. The lowest BCUT2D eigenvalue weighted by atomic mass is 9.78. The predicted octanol–water partition coefficient (Wildman–Crippen LogP) is 5.26. The number of hydrogen-bond acceptors (Lipinski definition) is 7. The highest BCUT2D eigenvalue weighted by Crippen LogP contribution is 2.42. The number of rotatable bonds is 15. The minimum atomic E-state index is -0.728. The molecule has 0 unspecified atom stereocenters. The van der Waals surface area contributed by atoms with Gasteiger partial charge >= 0.3 is 0 Å². The Morgan fingerprint density at radius 3 is 1.45 bits per heavy atom. The van der Waals surface area contributed by atoms with Gasteiger partial charge in [0.05, 0.1) is 18.1 Å². The van der Waals surface area contributed by atoms with Crippen LogP contribution in [-0.2, 0) is 41.6 Å². The summed E-state index contributed by atoms with van der Waals surface area (Å²) >= 11 is 0. The molecule has 2 aliphatic heterocycles. The maximum Gasteiger partial charge on any atom is 0.246 e. The molecule has 2 saturated heterocycles. The Hall–Kier alpha value is -4.78. The van der Waals surface area contributed by atoms with Crippen molar-refractivity contribution < 1.29 is 28.8 Å². The van der Waals surface area contributed by atoms with E-state index in [2.05, 4.69) is 63.0 Å². The fraction of sp³-hybridized carbons (Fsp3) is 0.633. The van der Waals surface area contributed by atoms with Crippen molar-refractivity contribution in [2.75, 3.05) is 20.1 Å². The maximum absolute atomic E-state index is 14.1. The van der Waals surface area contributed by atoms with Gasteiger partial charge in [-0.2, -0.15) is 0 Å². The van der Waals surface area contributed by atoms with E-state index in [9.17, 15) is 28.8 Å². The number of carbonyl (C=O) groups is 6. The molecule has 6 rings (SSSR count). The molecule has 0 radical (unpaired) electrons. The van der Waals surface area contributed by atoms with Crippen LogP contribution in [0.1, 0.15) is 141 Å². The zero-order valence-electron chi connectivity index (χ0n) is 38.3. The van der Waals surface area contributed by atoms with Gasteiger partial charge < -0.3 is 36.4 Å². The van der Waals surface area contributed by atoms with Gasteiger partial charge in [-0.15, -0.1) is 0 Å². The largest absolute Gasteiger partial charge is 0.347 e. The Labute approximate surface area is 368 Å². The lowest BCUT2D eigenvalue weighted by Crippen LogP contribution is -2.57. The molecule has 13 heteroatoms. The maximum atomic E-state index is 14.1. The predicted molar refractivity (Wildman–Crippen MR) is 241 cm³/mol. The van der Waals surface area contributed by atoms with Crippen molar-refractivity contribution in [1.29, 1.82) is 0 Å². The number of hydrogen-bond donors (Lipinski definition) is 5. The minimum Gasteiger partial charge on any atom is -0.347 e. The molecule has 0 spiro atoms. The van der Waals surface area contributed by atoms with Crippen LogP contribution < -0.4 is 26.6 Å². The van der Waals surface area contributed by atoms with Gasteiger partial charge in [-0.1, -0.05) is 77.9 Å². The molecule has 5 N–H and O–H groups in total. The highest BCUT2D eigenvalue weighted by molar-refractivity contribution is 5.94. The quantitative estimate of drug-likeness (QED) is 0.163. The van der Waals surface area contributed by atoms with Crippen molar-refractivity contribution in [3.63, 3.8) is 0 Å². The van der Waals surface area contributed by atoms with Gasteiger partial charge in [-0.05, 0) is 130 Å². The number of benzene rings is 2. The summed E-state index contributed by atoms with van der Waals surface area (Å²) in [4.78, 5) is 85.0. The Bertz CT molecular complexity index is 1840. The Morgan fingerprint density at radius 1 is 0.613 bits per heavy atom. The van der Waals surface area contributed by atoms with Crippen molar-refractivity contribution in [2.24, 2.45) is 17.8 Å². The zero-order valence-corrected chi connectivity index (χ0v) is 38.3. The van der Waals surface area contributed by atoms with Gasteiger partial charge in [-0.3, -0.25) is 28.8 Å². The fourth-order valence-corrected chi connectivity index (χ4v) is 9.92. The fourth-order valence-electron chi connectivity index (χ4n) is 9.92. The number of likely N-dealkylation sites (tertiary alicyclic amines) is 2. The van der Waals surface area contributed by atoms with Crippen LogP contribution in [0.3, 0.4) is 0 Å². The van der Waals surface area contributed by atoms with Crippen LogP contribution in [0.5, 0.6) is 0 Å². The summed E-state index contributed by atoms with van der Waals surface area (Å²) in [6, 6.07) is 9.22. The molecule has 338 valence electrons. The summed E-state index contributed by atoms with van der Waals surface area (Å²) in [5, 5.41) is 15.5. The molecule has 8 atom stereocenters. The Kier molecular flexibility index (Phi) is 15.5. The van der Waals surface area contributed by atoms with E-state index >= 15 is 0 Å². The van der Waals surface area contributed by atoms with Crippen LogP contribution in [0.25, 0.3) is 11.1 Å². The molecule has 2 fully saturated rings. The third-order valence-corrected chi connectivity index (χ3v) is 14.0. The molecule has 2 aliphatic carbocycles. The van der Waals surface area contributed by atoms with E-state index in [0.29, 0.717) is 32.4 Å². The SMILES string of the molecule is CC[C@@H](C)C(=O)N[C@H](C(=O)N1CCC[C@H]1C(=O)N[C@@H]1CCCc2c(-c3cccc4c3CCC[C@H]4NC(=O)[C@@H]3CCCN3C(=O)[C@@H](NC(=O)[C@H](C)NC)C(C)C)cccc21)C(C)C. The first kappa shape index (κ1) is 46.7. The molecular formula is C49H71N7O6. The zero-order chi connectivity index (χ0) is 44.8. The molecule has 6 amide bonds. The summed E-state index contributed by atoms with van der Waals surface area (Å²) in [6.07, 6.45) is 8.41. The highest BCUT2D eigenvalue weighted by atomic mass is 16.2. The summed E-state index contributed by atoms with van der Waals surface area (Å²) in [6.45, 7) is 14.2. The van der Waals surface area contributed by atoms with Crippen molar-refractivity contribution in [3.8, 4) is 11.1 Å². The van der Waals surface area contributed by atoms with E-state index in [-0.39, 0.29) is 65.3 Å². The molecule has 0 aromatic heterocycles. The molecule has 2 aromatic rings. The number of likely N-dealkylation sites (N-methyl/N-ethyl adjacent to an activating group) is 1. The van der Waals surface area contributed by atoms with Crippen molar-refractivity contribution in [3.05, 3.63) is 58.7 Å². The van der Waals surface area contributed by atoms with Gasteiger partial charge in [0.15, 0.2) is 0 Å².